The van der Waals surface area contributed by atoms with Crippen LogP contribution in [-0.4, -0.2) is 25.9 Å². The van der Waals surface area contributed by atoms with Crippen LogP contribution >= 0.6 is 0 Å². The molecule has 86 valence electrons. The second-order valence-corrected chi connectivity index (χ2v) is 5.28. The van der Waals surface area contributed by atoms with Crippen molar-refractivity contribution in [1.82, 2.24) is 9.88 Å². The molecule has 0 aliphatic rings. The Morgan fingerprint density at radius 2 is 2.33 bits per heavy atom. The first kappa shape index (κ1) is 12.2. The highest BCUT2D eigenvalue weighted by molar-refractivity contribution is 7.89. The fourth-order valence-electron chi connectivity index (χ4n) is 1.21. The quantitative estimate of drug-likeness (QED) is 0.710. The predicted molar refractivity (Wildman–Crippen MR) is 56.9 cm³/mol. The van der Waals surface area contributed by atoms with Gasteiger partial charge >= 0.3 is 0 Å². The fourth-order valence-corrected chi connectivity index (χ4v) is 2.35. The number of sulfonamides is 1. The smallest absolute Gasteiger partial charge is 0.211 e. The lowest BCUT2D eigenvalue weighted by molar-refractivity contribution is 0.418. The Labute approximate surface area is 89.9 Å². The molecule has 1 heterocycles. The van der Waals surface area contributed by atoms with Crippen molar-refractivity contribution in [3.05, 3.63) is 18.0 Å². The molecule has 0 aliphatic heterocycles. The van der Waals surface area contributed by atoms with E-state index in [2.05, 4.69) is 14.4 Å². The van der Waals surface area contributed by atoms with Gasteiger partial charge in [0.15, 0.2) is 0 Å². The van der Waals surface area contributed by atoms with Crippen LogP contribution in [0.5, 0.6) is 0 Å². The van der Waals surface area contributed by atoms with Crippen LogP contribution < -0.4 is 4.72 Å². The molecule has 1 rings (SSSR count). The average Bonchev–Trinajstić information content (AvgIpc) is 2.65. The molecule has 0 radical (unpaired) electrons. The first-order chi connectivity index (χ1) is 7.14. The molecule has 0 fully saturated rings. The highest BCUT2D eigenvalue weighted by atomic mass is 32.2. The molecule has 15 heavy (non-hydrogen) atoms. The average molecular weight is 232 g/mol. The highest BCUT2D eigenvalue weighted by Gasteiger charge is 2.06. The van der Waals surface area contributed by atoms with Crippen molar-refractivity contribution >= 4 is 10.0 Å². The number of nitrogens with zero attached hydrogens (tertiary/aromatic N) is 1. The summed E-state index contributed by atoms with van der Waals surface area (Å²) >= 11 is 0. The summed E-state index contributed by atoms with van der Waals surface area (Å²) in [6.45, 7) is 2.31. The van der Waals surface area contributed by atoms with Gasteiger partial charge in [-0.15, -0.1) is 0 Å². The molecule has 0 amide bonds. The van der Waals surface area contributed by atoms with E-state index in [9.17, 15) is 8.42 Å². The SMILES string of the molecule is CCCS(=O)(=O)NCCCc1cnoc1. The van der Waals surface area contributed by atoms with E-state index in [-0.39, 0.29) is 5.75 Å². The van der Waals surface area contributed by atoms with Gasteiger partial charge < -0.3 is 4.52 Å². The van der Waals surface area contributed by atoms with Crippen molar-refractivity contribution in [2.75, 3.05) is 12.3 Å². The summed E-state index contributed by atoms with van der Waals surface area (Å²) in [7, 11) is -3.06. The minimum Gasteiger partial charge on any atom is -0.364 e. The van der Waals surface area contributed by atoms with E-state index in [0.717, 1.165) is 18.4 Å². The van der Waals surface area contributed by atoms with Gasteiger partial charge in [0.2, 0.25) is 10.0 Å². The zero-order valence-electron chi connectivity index (χ0n) is 8.77. The van der Waals surface area contributed by atoms with Crippen LogP contribution in [0.2, 0.25) is 0 Å². The maximum atomic E-state index is 11.2. The summed E-state index contributed by atoms with van der Waals surface area (Å²) in [6, 6.07) is 0. The molecule has 0 spiro atoms. The molecular formula is C9H16N2O3S. The third kappa shape index (κ3) is 4.94. The van der Waals surface area contributed by atoms with Crippen molar-refractivity contribution in [2.24, 2.45) is 0 Å². The first-order valence-electron chi connectivity index (χ1n) is 4.99. The first-order valence-corrected chi connectivity index (χ1v) is 6.65. The Morgan fingerprint density at radius 3 is 2.93 bits per heavy atom. The maximum absolute atomic E-state index is 11.2. The minimum atomic E-state index is -3.06. The van der Waals surface area contributed by atoms with Crippen molar-refractivity contribution in [1.29, 1.82) is 0 Å². The van der Waals surface area contributed by atoms with Crippen molar-refractivity contribution < 1.29 is 12.9 Å². The lowest BCUT2D eigenvalue weighted by Gasteiger charge is -2.03. The van der Waals surface area contributed by atoms with Gasteiger partial charge in [-0.05, 0) is 19.3 Å². The molecule has 0 aromatic carbocycles. The number of hydrogen-bond acceptors (Lipinski definition) is 4. The van der Waals surface area contributed by atoms with Crippen LogP contribution in [-0.2, 0) is 16.4 Å². The third-order valence-electron chi connectivity index (χ3n) is 1.92. The summed E-state index contributed by atoms with van der Waals surface area (Å²) in [4.78, 5) is 0. The zero-order valence-corrected chi connectivity index (χ0v) is 9.59. The number of aryl methyl sites for hydroxylation is 1. The van der Waals surface area contributed by atoms with Crippen LogP contribution in [0.25, 0.3) is 0 Å². The van der Waals surface area contributed by atoms with Gasteiger partial charge in [0.25, 0.3) is 0 Å². The Bertz CT molecular complexity index is 359. The Hall–Kier alpha value is -0.880. The normalized spacial score (nSPS) is 11.8. The van der Waals surface area contributed by atoms with Gasteiger partial charge in [-0.1, -0.05) is 12.1 Å². The largest absolute Gasteiger partial charge is 0.364 e. The Balaban J connectivity index is 2.17. The van der Waals surface area contributed by atoms with E-state index in [1.807, 2.05) is 6.92 Å². The number of hydrogen-bond donors (Lipinski definition) is 1. The summed E-state index contributed by atoms with van der Waals surface area (Å²) in [5.74, 6) is 0.195. The van der Waals surface area contributed by atoms with Gasteiger partial charge in [0.1, 0.15) is 6.26 Å². The molecule has 0 saturated heterocycles. The molecule has 1 N–H and O–H groups in total. The number of nitrogens with one attached hydrogen (secondary N) is 1. The molecule has 1 aromatic heterocycles. The monoisotopic (exact) mass is 232 g/mol. The molecule has 0 unspecified atom stereocenters. The molecule has 0 atom stereocenters. The fraction of sp³-hybridized carbons (Fsp3) is 0.667. The van der Waals surface area contributed by atoms with E-state index in [1.165, 1.54) is 0 Å². The van der Waals surface area contributed by atoms with Gasteiger partial charge in [-0.2, -0.15) is 0 Å². The van der Waals surface area contributed by atoms with E-state index >= 15 is 0 Å². The highest BCUT2D eigenvalue weighted by Crippen LogP contribution is 2.00. The van der Waals surface area contributed by atoms with Crippen LogP contribution in [0.1, 0.15) is 25.3 Å². The Kier molecular flexibility index (Phi) is 4.77. The van der Waals surface area contributed by atoms with Crippen LogP contribution in [0.4, 0.5) is 0 Å². The number of aromatic nitrogens is 1. The Morgan fingerprint density at radius 1 is 1.53 bits per heavy atom. The van der Waals surface area contributed by atoms with Crippen molar-refractivity contribution in [3.8, 4) is 0 Å². The van der Waals surface area contributed by atoms with Crippen molar-refractivity contribution in [3.63, 3.8) is 0 Å². The lowest BCUT2D eigenvalue weighted by atomic mass is 10.2. The summed E-state index contributed by atoms with van der Waals surface area (Å²) in [6.07, 6.45) is 5.38. The minimum absolute atomic E-state index is 0.195. The second kappa shape index (κ2) is 5.87. The van der Waals surface area contributed by atoms with Crippen LogP contribution in [0, 0.1) is 0 Å². The van der Waals surface area contributed by atoms with Gasteiger partial charge in [-0.25, -0.2) is 13.1 Å². The van der Waals surface area contributed by atoms with Crippen LogP contribution in [0.15, 0.2) is 17.0 Å². The van der Waals surface area contributed by atoms with Crippen LogP contribution in [0.3, 0.4) is 0 Å². The molecule has 0 bridgehead atoms. The van der Waals surface area contributed by atoms with Gasteiger partial charge in [0.05, 0.1) is 11.9 Å². The predicted octanol–water partition coefficient (Wildman–Crippen LogP) is 0.937. The zero-order chi connectivity index (χ0) is 11.1. The third-order valence-corrected chi connectivity index (χ3v) is 3.51. The van der Waals surface area contributed by atoms with E-state index in [1.54, 1.807) is 12.5 Å². The second-order valence-electron chi connectivity index (χ2n) is 3.35. The molecule has 0 aliphatic carbocycles. The van der Waals surface area contributed by atoms with Gasteiger partial charge in [-0.3, -0.25) is 0 Å². The summed E-state index contributed by atoms with van der Waals surface area (Å²) in [5, 5.41) is 3.57. The number of rotatable bonds is 7. The van der Waals surface area contributed by atoms with E-state index in [4.69, 9.17) is 0 Å². The maximum Gasteiger partial charge on any atom is 0.211 e. The van der Waals surface area contributed by atoms with Crippen molar-refractivity contribution in [2.45, 2.75) is 26.2 Å². The van der Waals surface area contributed by atoms with Gasteiger partial charge in [0, 0.05) is 12.1 Å². The molecule has 5 nitrogen and oxygen atoms in total. The summed E-state index contributed by atoms with van der Waals surface area (Å²) < 4.78 is 29.7. The standard InChI is InChI=1S/C9H16N2O3S/c1-2-6-15(12,13)11-5-3-4-9-7-10-14-8-9/h7-8,11H,2-6H2,1H3. The molecule has 0 saturated carbocycles. The molecular weight excluding hydrogens is 216 g/mol. The van der Waals surface area contributed by atoms with E-state index < -0.39 is 10.0 Å². The lowest BCUT2D eigenvalue weighted by Crippen LogP contribution is -2.27. The summed E-state index contributed by atoms with van der Waals surface area (Å²) in [5.41, 5.74) is 0.990. The molecule has 1 aromatic rings. The molecule has 6 heteroatoms. The van der Waals surface area contributed by atoms with E-state index in [0.29, 0.717) is 13.0 Å². The topological polar surface area (TPSA) is 72.2 Å².